The van der Waals surface area contributed by atoms with Gasteiger partial charge < -0.3 is 5.32 Å². The third-order valence-corrected chi connectivity index (χ3v) is 2.00. The van der Waals surface area contributed by atoms with E-state index in [0.717, 1.165) is 33.1 Å². The molecule has 1 aliphatic rings. The molecule has 0 unspecified atom stereocenters. The van der Waals surface area contributed by atoms with E-state index in [9.17, 15) is 0 Å². The van der Waals surface area contributed by atoms with Gasteiger partial charge in [-0.15, -0.1) is 0 Å². The molecule has 1 aliphatic heterocycles. The zero-order valence-corrected chi connectivity index (χ0v) is 7.90. The molecule has 1 saturated heterocycles. The lowest BCUT2D eigenvalue weighted by Gasteiger charge is -2.27. The Labute approximate surface area is 74.7 Å². The molecule has 1 heterocycles. The highest BCUT2D eigenvalue weighted by Crippen LogP contribution is 1.89. The van der Waals surface area contributed by atoms with Crippen LogP contribution in [0, 0.1) is 0 Å². The van der Waals surface area contributed by atoms with Crippen molar-refractivity contribution >= 4 is 0 Å². The average Bonchev–Trinajstić information content (AvgIpc) is 2.14. The second kappa shape index (κ2) is 6.37. The van der Waals surface area contributed by atoms with Crippen LogP contribution in [-0.2, 0) is 0 Å². The van der Waals surface area contributed by atoms with Crippen LogP contribution in [0.15, 0.2) is 0 Å². The molecule has 0 aromatic carbocycles. The molecule has 0 spiro atoms. The molecule has 0 radical (unpaired) electrons. The van der Waals surface area contributed by atoms with Crippen LogP contribution >= 0.6 is 0 Å². The van der Waals surface area contributed by atoms with E-state index in [1.165, 1.54) is 13.0 Å². The molecule has 72 valence electrons. The Morgan fingerprint density at radius 2 is 2.08 bits per heavy atom. The predicted octanol–water partition coefficient (Wildman–Crippen LogP) is -0.647. The van der Waals surface area contributed by atoms with E-state index in [1.807, 2.05) is 0 Å². The quantitative estimate of drug-likeness (QED) is 0.482. The van der Waals surface area contributed by atoms with Gasteiger partial charge in [-0.25, -0.2) is 0 Å². The highest BCUT2D eigenvalue weighted by molar-refractivity contribution is 4.60. The maximum Gasteiger partial charge on any atom is 0.0502 e. The number of hydrogen-bond donors (Lipinski definition) is 3. The molecule has 0 saturated carbocycles. The Bertz CT molecular complexity index is 101. The van der Waals surface area contributed by atoms with Crippen molar-refractivity contribution in [3.05, 3.63) is 0 Å². The average molecular weight is 172 g/mol. The molecule has 12 heavy (non-hydrogen) atoms. The van der Waals surface area contributed by atoms with E-state index in [4.69, 9.17) is 0 Å². The third kappa shape index (κ3) is 4.01. The van der Waals surface area contributed by atoms with E-state index in [-0.39, 0.29) is 0 Å². The van der Waals surface area contributed by atoms with Gasteiger partial charge in [0.05, 0.1) is 13.3 Å². The van der Waals surface area contributed by atoms with Crippen LogP contribution in [0.5, 0.6) is 0 Å². The molecule has 0 amide bonds. The molecule has 4 heteroatoms. The highest BCUT2D eigenvalue weighted by atomic mass is 15.4. The van der Waals surface area contributed by atoms with Crippen LogP contribution < -0.4 is 16.0 Å². The first-order chi connectivity index (χ1) is 5.93. The summed E-state index contributed by atoms with van der Waals surface area (Å²) in [6.45, 7) is 8.53. The fourth-order valence-electron chi connectivity index (χ4n) is 1.33. The second-order valence-electron chi connectivity index (χ2n) is 3.09. The van der Waals surface area contributed by atoms with Crippen LogP contribution in [0.2, 0.25) is 0 Å². The minimum atomic E-state index is 0.948. The van der Waals surface area contributed by atoms with Crippen molar-refractivity contribution in [2.45, 2.75) is 13.3 Å². The van der Waals surface area contributed by atoms with Crippen molar-refractivity contribution in [3.63, 3.8) is 0 Å². The zero-order chi connectivity index (χ0) is 8.65. The van der Waals surface area contributed by atoms with Gasteiger partial charge in [-0.2, -0.15) is 0 Å². The van der Waals surface area contributed by atoms with Crippen LogP contribution in [0.4, 0.5) is 0 Å². The van der Waals surface area contributed by atoms with E-state index in [1.54, 1.807) is 0 Å². The summed E-state index contributed by atoms with van der Waals surface area (Å²) in [5.74, 6) is 0. The van der Waals surface area contributed by atoms with E-state index >= 15 is 0 Å². The first-order valence-electron chi connectivity index (χ1n) is 4.78. The Hall–Kier alpha value is -0.160. The predicted molar refractivity (Wildman–Crippen MR) is 50.7 cm³/mol. The van der Waals surface area contributed by atoms with E-state index in [2.05, 4.69) is 27.8 Å². The van der Waals surface area contributed by atoms with Gasteiger partial charge in [-0.05, 0) is 19.5 Å². The molecular formula is C8H20N4. The van der Waals surface area contributed by atoms with Gasteiger partial charge in [-0.1, -0.05) is 6.92 Å². The smallest absolute Gasteiger partial charge is 0.0502 e. The van der Waals surface area contributed by atoms with Crippen LogP contribution in [0.1, 0.15) is 13.3 Å². The lowest BCUT2D eigenvalue weighted by molar-refractivity contribution is 0.189. The Kier molecular flexibility index (Phi) is 5.27. The van der Waals surface area contributed by atoms with Gasteiger partial charge in [0.1, 0.15) is 0 Å². The molecule has 3 N–H and O–H groups in total. The van der Waals surface area contributed by atoms with Gasteiger partial charge in [-0.3, -0.25) is 15.5 Å². The molecule has 0 aromatic heterocycles. The summed E-state index contributed by atoms with van der Waals surface area (Å²) in [5.41, 5.74) is 0. The summed E-state index contributed by atoms with van der Waals surface area (Å²) < 4.78 is 0. The van der Waals surface area contributed by atoms with Gasteiger partial charge in [0.2, 0.25) is 0 Å². The number of hydrogen-bond acceptors (Lipinski definition) is 4. The van der Waals surface area contributed by atoms with Crippen molar-refractivity contribution in [2.75, 3.05) is 39.6 Å². The minimum Gasteiger partial charge on any atom is -0.317 e. The number of nitrogens with one attached hydrogen (secondary N) is 3. The summed E-state index contributed by atoms with van der Waals surface area (Å²) in [6, 6.07) is 0. The van der Waals surface area contributed by atoms with Crippen LogP contribution in [0.3, 0.4) is 0 Å². The topological polar surface area (TPSA) is 39.3 Å². The second-order valence-corrected chi connectivity index (χ2v) is 3.09. The third-order valence-electron chi connectivity index (χ3n) is 2.00. The molecule has 4 nitrogen and oxygen atoms in total. The fraction of sp³-hybridized carbons (Fsp3) is 1.00. The summed E-state index contributed by atoms with van der Waals surface area (Å²) in [4.78, 5) is 2.38. The number of rotatable bonds is 5. The summed E-state index contributed by atoms with van der Waals surface area (Å²) >= 11 is 0. The maximum atomic E-state index is 3.32. The van der Waals surface area contributed by atoms with Crippen LogP contribution in [-0.4, -0.2) is 44.5 Å². The largest absolute Gasteiger partial charge is 0.317 e. The lowest BCUT2D eigenvalue weighted by atomic mass is 10.4. The van der Waals surface area contributed by atoms with Crippen molar-refractivity contribution < 1.29 is 0 Å². The standard InChI is InChI=1S/C8H20N4/c1-2-9-4-3-5-12-7-10-6-11-8-12/h9-11H,2-8H2,1H3. The maximum absolute atomic E-state index is 3.32. The van der Waals surface area contributed by atoms with E-state index < -0.39 is 0 Å². The highest BCUT2D eigenvalue weighted by Gasteiger charge is 2.06. The molecular weight excluding hydrogens is 152 g/mol. The Morgan fingerprint density at radius 3 is 2.75 bits per heavy atom. The first kappa shape index (κ1) is 9.92. The van der Waals surface area contributed by atoms with Crippen LogP contribution in [0.25, 0.3) is 0 Å². The number of nitrogens with zero attached hydrogens (tertiary/aromatic N) is 1. The summed E-state index contributed by atoms with van der Waals surface area (Å²) in [7, 11) is 0. The minimum absolute atomic E-state index is 0.948. The lowest BCUT2D eigenvalue weighted by Crippen LogP contribution is -2.51. The van der Waals surface area contributed by atoms with Gasteiger partial charge in [0, 0.05) is 13.2 Å². The normalized spacial score (nSPS) is 19.8. The van der Waals surface area contributed by atoms with Gasteiger partial charge >= 0.3 is 0 Å². The summed E-state index contributed by atoms with van der Waals surface area (Å²) in [6.07, 6.45) is 1.23. The van der Waals surface area contributed by atoms with Gasteiger partial charge in [0.15, 0.2) is 0 Å². The fourth-order valence-corrected chi connectivity index (χ4v) is 1.33. The SMILES string of the molecule is CCNCCCN1CNCNC1. The van der Waals surface area contributed by atoms with E-state index in [0.29, 0.717) is 0 Å². The zero-order valence-electron chi connectivity index (χ0n) is 7.90. The molecule has 1 rings (SSSR count). The first-order valence-corrected chi connectivity index (χ1v) is 4.78. The van der Waals surface area contributed by atoms with Crippen molar-refractivity contribution in [1.82, 2.24) is 20.9 Å². The molecule has 1 fully saturated rings. The molecule has 0 atom stereocenters. The molecule has 0 bridgehead atoms. The Balaban J connectivity index is 1.91. The van der Waals surface area contributed by atoms with Crippen molar-refractivity contribution in [1.29, 1.82) is 0 Å². The molecule has 0 aromatic rings. The Morgan fingerprint density at radius 1 is 1.33 bits per heavy atom. The van der Waals surface area contributed by atoms with Gasteiger partial charge in [0.25, 0.3) is 0 Å². The monoisotopic (exact) mass is 172 g/mol. The summed E-state index contributed by atoms with van der Waals surface area (Å²) in [5, 5.41) is 9.86. The van der Waals surface area contributed by atoms with Crippen molar-refractivity contribution in [3.8, 4) is 0 Å². The molecule has 0 aliphatic carbocycles. The van der Waals surface area contributed by atoms with Crippen molar-refractivity contribution in [2.24, 2.45) is 0 Å².